The Morgan fingerprint density at radius 3 is 3.00 bits per heavy atom. The molecular weight excluding hydrogens is 229 g/mol. The second-order valence-corrected chi connectivity index (χ2v) is 4.25. The van der Waals surface area contributed by atoms with Crippen LogP contribution < -0.4 is 0 Å². The summed E-state index contributed by atoms with van der Waals surface area (Å²) in [7, 11) is 0. The molecule has 4 heteroatoms. The van der Waals surface area contributed by atoms with E-state index in [0.717, 1.165) is 18.4 Å². The highest BCUT2D eigenvalue weighted by molar-refractivity contribution is 6.30. The molecular formula is C12H11ClFNO. The van der Waals surface area contributed by atoms with Crippen LogP contribution in [-0.4, -0.2) is 6.61 Å². The Hall–Kier alpha value is -1.11. The zero-order valence-corrected chi connectivity index (χ0v) is 9.38. The lowest BCUT2D eigenvalue weighted by Gasteiger charge is -2.27. The van der Waals surface area contributed by atoms with E-state index in [-0.39, 0.29) is 17.0 Å². The van der Waals surface area contributed by atoms with Gasteiger partial charge in [0.25, 0.3) is 0 Å². The molecule has 1 heterocycles. The van der Waals surface area contributed by atoms with Gasteiger partial charge in [0.2, 0.25) is 0 Å². The Morgan fingerprint density at radius 1 is 1.50 bits per heavy atom. The van der Waals surface area contributed by atoms with E-state index in [0.29, 0.717) is 6.61 Å². The molecule has 2 unspecified atom stereocenters. The van der Waals surface area contributed by atoms with Crippen LogP contribution in [-0.2, 0) is 4.74 Å². The summed E-state index contributed by atoms with van der Waals surface area (Å²) < 4.78 is 18.6. The summed E-state index contributed by atoms with van der Waals surface area (Å²) in [6.07, 6.45) is 1.43. The van der Waals surface area contributed by atoms with E-state index < -0.39 is 5.82 Å². The van der Waals surface area contributed by atoms with Crippen molar-refractivity contribution in [3.63, 3.8) is 0 Å². The molecule has 1 fully saturated rings. The number of benzene rings is 1. The first-order valence-electron chi connectivity index (χ1n) is 5.18. The quantitative estimate of drug-likeness (QED) is 0.752. The fraction of sp³-hybridized carbons (Fsp3) is 0.417. The van der Waals surface area contributed by atoms with Crippen LogP contribution in [0.4, 0.5) is 4.39 Å². The SMILES string of the molecule is N#CC1CCCOC1c1ccc(F)c(Cl)c1. The Labute approximate surface area is 98.6 Å². The van der Waals surface area contributed by atoms with Crippen molar-refractivity contribution in [3.05, 3.63) is 34.6 Å². The minimum atomic E-state index is -0.449. The van der Waals surface area contributed by atoms with E-state index >= 15 is 0 Å². The molecule has 84 valence electrons. The molecule has 0 radical (unpaired) electrons. The normalized spacial score (nSPS) is 25.1. The Morgan fingerprint density at radius 2 is 2.31 bits per heavy atom. The van der Waals surface area contributed by atoms with Gasteiger partial charge in [-0.1, -0.05) is 17.7 Å². The molecule has 1 aromatic carbocycles. The number of rotatable bonds is 1. The summed E-state index contributed by atoms with van der Waals surface area (Å²) >= 11 is 5.71. The van der Waals surface area contributed by atoms with Crippen molar-refractivity contribution in [2.24, 2.45) is 5.92 Å². The van der Waals surface area contributed by atoms with Gasteiger partial charge in [-0.3, -0.25) is 0 Å². The Bertz CT molecular complexity index is 430. The Balaban J connectivity index is 2.28. The maximum Gasteiger partial charge on any atom is 0.141 e. The molecule has 1 aromatic rings. The molecule has 16 heavy (non-hydrogen) atoms. The van der Waals surface area contributed by atoms with Gasteiger partial charge in [-0.2, -0.15) is 5.26 Å². The van der Waals surface area contributed by atoms with E-state index in [1.165, 1.54) is 12.1 Å². The number of nitriles is 1. The second kappa shape index (κ2) is 4.82. The van der Waals surface area contributed by atoms with Gasteiger partial charge in [0.1, 0.15) is 5.82 Å². The smallest absolute Gasteiger partial charge is 0.141 e. The van der Waals surface area contributed by atoms with Gasteiger partial charge in [0, 0.05) is 6.61 Å². The van der Waals surface area contributed by atoms with Crippen molar-refractivity contribution < 1.29 is 9.13 Å². The lowest BCUT2D eigenvalue weighted by Crippen LogP contribution is -2.21. The first kappa shape index (κ1) is 11.4. The largest absolute Gasteiger partial charge is 0.372 e. The number of halogens is 2. The summed E-state index contributed by atoms with van der Waals surface area (Å²) in [6.45, 7) is 0.637. The van der Waals surface area contributed by atoms with Gasteiger partial charge >= 0.3 is 0 Å². The van der Waals surface area contributed by atoms with Gasteiger partial charge < -0.3 is 4.74 Å². The average Bonchev–Trinajstić information content (AvgIpc) is 2.32. The summed E-state index contributed by atoms with van der Waals surface area (Å²) in [5, 5.41) is 9.08. The highest BCUT2D eigenvalue weighted by Crippen LogP contribution is 2.34. The minimum Gasteiger partial charge on any atom is -0.372 e. The molecule has 0 aliphatic carbocycles. The first-order chi connectivity index (χ1) is 7.72. The van der Waals surface area contributed by atoms with Crippen LogP contribution in [0.5, 0.6) is 0 Å². The monoisotopic (exact) mass is 239 g/mol. The van der Waals surface area contributed by atoms with Crippen molar-refractivity contribution >= 4 is 11.6 Å². The standard InChI is InChI=1S/C12H11ClFNO/c13-10-6-8(3-4-11(10)14)12-9(7-15)2-1-5-16-12/h3-4,6,9,12H,1-2,5H2. The van der Waals surface area contributed by atoms with Crippen molar-refractivity contribution in [3.8, 4) is 6.07 Å². The fourth-order valence-corrected chi connectivity index (χ4v) is 2.12. The highest BCUT2D eigenvalue weighted by atomic mass is 35.5. The lowest BCUT2D eigenvalue weighted by atomic mass is 9.91. The molecule has 0 bridgehead atoms. The zero-order chi connectivity index (χ0) is 11.5. The van der Waals surface area contributed by atoms with Gasteiger partial charge in [0.05, 0.1) is 23.1 Å². The fourth-order valence-electron chi connectivity index (χ4n) is 1.93. The molecule has 0 N–H and O–H groups in total. The van der Waals surface area contributed by atoms with Crippen molar-refractivity contribution in [2.45, 2.75) is 18.9 Å². The minimum absolute atomic E-state index is 0.0726. The van der Waals surface area contributed by atoms with Crippen LogP contribution in [0.3, 0.4) is 0 Å². The van der Waals surface area contributed by atoms with E-state index in [1.54, 1.807) is 6.07 Å². The Kier molecular flexibility index (Phi) is 3.42. The van der Waals surface area contributed by atoms with Gasteiger partial charge in [-0.15, -0.1) is 0 Å². The molecule has 0 saturated carbocycles. The topological polar surface area (TPSA) is 33.0 Å². The maximum absolute atomic E-state index is 13.0. The van der Waals surface area contributed by atoms with Crippen LogP contribution in [0.25, 0.3) is 0 Å². The number of hydrogen-bond donors (Lipinski definition) is 0. The van der Waals surface area contributed by atoms with Gasteiger partial charge in [-0.05, 0) is 30.5 Å². The lowest BCUT2D eigenvalue weighted by molar-refractivity contribution is -0.0102. The molecule has 1 saturated heterocycles. The van der Waals surface area contributed by atoms with Crippen LogP contribution >= 0.6 is 11.6 Å². The molecule has 1 aliphatic heterocycles. The van der Waals surface area contributed by atoms with Crippen LogP contribution in [0.15, 0.2) is 18.2 Å². The third-order valence-corrected chi connectivity index (χ3v) is 3.05. The number of ether oxygens (including phenoxy) is 1. The highest BCUT2D eigenvalue weighted by Gasteiger charge is 2.27. The maximum atomic E-state index is 13.0. The number of nitrogens with zero attached hydrogens (tertiary/aromatic N) is 1. The number of hydrogen-bond acceptors (Lipinski definition) is 2. The van der Waals surface area contributed by atoms with Crippen molar-refractivity contribution in [2.75, 3.05) is 6.61 Å². The van der Waals surface area contributed by atoms with E-state index in [9.17, 15) is 4.39 Å². The van der Waals surface area contributed by atoms with Crippen LogP contribution in [0.2, 0.25) is 5.02 Å². The molecule has 0 aromatic heterocycles. The average molecular weight is 240 g/mol. The molecule has 0 spiro atoms. The van der Waals surface area contributed by atoms with Gasteiger partial charge in [0.15, 0.2) is 0 Å². The van der Waals surface area contributed by atoms with Crippen LogP contribution in [0.1, 0.15) is 24.5 Å². The third-order valence-electron chi connectivity index (χ3n) is 2.76. The molecule has 2 rings (SSSR count). The van der Waals surface area contributed by atoms with E-state index in [4.69, 9.17) is 21.6 Å². The zero-order valence-electron chi connectivity index (χ0n) is 8.62. The summed E-state index contributed by atoms with van der Waals surface area (Å²) in [4.78, 5) is 0. The predicted molar refractivity (Wildman–Crippen MR) is 58.4 cm³/mol. The van der Waals surface area contributed by atoms with E-state index in [2.05, 4.69) is 6.07 Å². The molecule has 2 atom stereocenters. The van der Waals surface area contributed by atoms with E-state index in [1.807, 2.05) is 0 Å². The first-order valence-corrected chi connectivity index (χ1v) is 5.56. The molecule has 1 aliphatic rings. The third kappa shape index (κ3) is 2.18. The summed E-state index contributed by atoms with van der Waals surface area (Å²) in [5.41, 5.74) is 0.776. The summed E-state index contributed by atoms with van der Waals surface area (Å²) in [5.74, 6) is -0.620. The van der Waals surface area contributed by atoms with Crippen molar-refractivity contribution in [1.29, 1.82) is 5.26 Å². The van der Waals surface area contributed by atoms with Crippen LogP contribution in [0, 0.1) is 23.1 Å². The second-order valence-electron chi connectivity index (χ2n) is 3.84. The summed E-state index contributed by atoms with van der Waals surface area (Å²) in [6, 6.07) is 6.70. The predicted octanol–water partition coefficient (Wildman–Crippen LogP) is 3.47. The van der Waals surface area contributed by atoms with Gasteiger partial charge in [-0.25, -0.2) is 4.39 Å². The van der Waals surface area contributed by atoms with Crippen molar-refractivity contribution in [1.82, 2.24) is 0 Å². The molecule has 0 amide bonds. The molecule has 2 nitrogen and oxygen atoms in total.